The van der Waals surface area contributed by atoms with E-state index in [4.69, 9.17) is 4.52 Å². The van der Waals surface area contributed by atoms with Gasteiger partial charge in [-0.3, -0.25) is 4.79 Å². The number of halogens is 1. The summed E-state index contributed by atoms with van der Waals surface area (Å²) in [5, 5.41) is 17.2. The first-order valence-corrected chi connectivity index (χ1v) is 9.07. The van der Waals surface area contributed by atoms with Crippen molar-refractivity contribution in [1.29, 1.82) is 0 Å². The maximum absolute atomic E-state index is 13.2. The minimum absolute atomic E-state index is 0.0273. The van der Waals surface area contributed by atoms with Crippen molar-refractivity contribution in [1.82, 2.24) is 15.5 Å². The van der Waals surface area contributed by atoms with Crippen LogP contribution >= 0.6 is 0 Å². The third-order valence-corrected chi connectivity index (χ3v) is 5.36. The van der Waals surface area contributed by atoms with Gasteiger partial charge in [0.15, 0.2) is 5.82 Å². The Bertz CT molecular complexity index is 818. The van der Waals surface area contributed by atoms with Crippen molar-refractivity contribution in [3.63, 3.8) is 0 Å². The van der Waals surface area contributed by atoms with Crippen LogP contribution in [-0.4, -0.2) is 33.8 Å². The summed E-state index contributed by atoms with van der Waals surface area (Å²) >= 11 is 0. The Morgan fingerprint density at radius 3 is 2.88 bits per heavy atom. The molecule has 7 heteroatoms. The summed E-state index contributed by atoms with van der Waals surface area (Å²) in [5.41, 5.74) is 1.03. The molecule has 6 nitrogen and oxygen atoms in total. The number of amides is 1. The van der Waals surface area contributed by atoms with Crippen LogP contribution in [0, 0.1) is 18.7 Å². The normalized spacial score (nSPS) is 25.4. The summed E-state index contributed by atoms with van der Waals surface area (Å²) in [6, 6.07) is 4.09. The molecular formula is C19H22FN3O3. The van der Waals surface area contributed by atoms with Crippen molar-refractivity contribution in [3.05, 3.63) is 46.9 Å². The molecule has 4 rings (SSSR count). The third kappa shape index (κ3) is 3.49. The summed E-state index contributed by atoms with van der Waals surface area (Å²) in [6.07, 6.45) is 2.96. The van der Waals surface area contributed by atoms with E-state index in [0.717, 1.165) is 18.7 Å². The van der Waals surface area contributed by atoms with Crippen LogP contribution in [-0.2, 0) is 0 Å². The van der Waals surface area contributed by atoms with E-state index in [1.165, 1.54) is 18.2 Å². The van der Waals surface area contributed by atoms with Crippen LogP contribution in [0.3, 0.4) is 0 Å². The quantitative estimate of drug-likeness (QED) is 0.857. The molecule has 2 fully saturated rings. The molecule has 2 aromatic rings. The first kappa shape index (κ1) is 17.1. The van der Waals surface area contributed by atoms with Gasteiger partial charge in [-0.25, -0.2) is 4.39 Å². The maximum atomic E-state index is 13.2. The lowest BCUT2D eigenvalue weighted by molar-refractivity contribution is 0.0916. The second-order valence-electron chi connectivity index (χ2n) is 7.43. The molecule has 1 aromatic carbocycles. The maximum Gasteiger partial charge on any atom is 0.251 e. The standard InChI is InChI=1S/C19H22FN3O3/c1-10-6-14(20)4-5-15(10)18(25)21-9-13-7-12(8-16(13)24)19-22-17(23-26-19)11-2-3-11/h4-6,11-13,16,24H,2-3,7-9H2,1H3,(H,21,25)/t12-,13+,16+/m0/s1. The van der Waals surface area contributed by atoms with Crippen molar-refractivity contribution in [2.45, 2.75) is 50.5 Å². The minimum Gasteiger partial charge on any atom is -0.393 e. The highest BCUT2D eigenvalue weighted by atomic mass is 19.1. The molecule has 1 amide bonds. The lowest BCUT2D eigenvalue weighted by Crippen LogP contribution is -2.32. The molecule has 2 aliphatic rings. The molecule has 138 valence electrons. The number of aliphatic hydroxyl groups is 1. The molecule has 0 aliphatic heterocycles. The van der Waals surface area contributed by atoms with Crippen molar-refractivity contribution in [3.8, 4) is 0 Å². The van der Waals surface area contributed by atoms with Gasteiger partial charge in [0.25, 0.3) is 5.91 Å². The highest BCUT2D eigenvalue weighted by molar-refractivity contribution is 5.95. The zero-order chi connectivity index (χ0) is 18.3. The van der Waals surface area contributed by atoms with Crippen molar-refractivity contribution < 1.29 is 18.8 Å². The Balaban J connectivity index is 1.35. The summed E-state index contributed by atoms with van der Waals surface area (Å²) in [7, 11) is 0. The van der Waals surface area contributed by atoms with Gasteiger partial charge >= 0.3 is 0 Å². The Labute approximate surface area is 150 Å². The Kier molecular flexibility index (Phi) is 4.48. The van der Waals surface area contributed by atoms with Crippen molar-refractivity contribution in [2.75, 3.05) is 6.54 Å². The number of rotatable bonds is 5. The Hall–Kier alpha value is -2.28. The average molecular weight is 359 g/mol. The molecule has 0 radical (unpaired) electrons. The molecule has 2 saturated carbocycles. The van der Waals surface area contributed by atoms with E-state index in [1.807, 2.05) is 0 Å². The van der Waals surface area contributed by atoms with Gasteiger partial charge < -0.3 is 14.9 Å². The van der Waals surface area contributed by atoms with Crippen LogP contribution in [0.1, 0.15) is 65.2 Å². The Morgan fingerprint density at radius 1 is 1.35 bits per heavy atom. The van der Waals surface area contributed by atoms with Gasteiger partial charge in [0, 0.05) is 29.9 Å². The molecule has 1 aromatic heterocycles. The van der Waals surface area contributed by atoms with Crippen LogP contribution in [0.15, 0.2) is 22.7 Å². The summed E-state index contributed by atoms with van der Waals surface area (Å²) < 4.78 is 18.5. The van der Waals surface area contributed by atoms with E-state index in [1.54, 1.807) is 6.92 Å². The van der Waals surface area contributed by atoms with Crippen LogP contribution in [0.25, 0.3) is 0 Å². The zero-order valence-corrected chi connectivity index (χ0v) is 14.6. The van der Waals surface area contributed by atoms with E-state index >= 15 is 0 Å². The van der Waals surface area contributed by atoms with Crippen LogP contribution < -0.4 is 5.32 Å². The van der Waals surface area contributed by atoms with Gasteiger partial charge in [0.1, 0.15) is 5.82 Å². The summed E-state index contributed by atoms with van der Waals surface area (Å²) in [4.78, 5) is 16.8. The number of hydrogen-bond acceptors (Lipinski definition) is 5. The molecule has 2 N–H and O–H groups in total. The fourth-order valence-corrected chi connectivity index (χ4v) is 3.65. The van der Waals surface area contributed by atoms with Crippen molar-refractivity contribution in [2.24, 2.45) is 5.92 Å². The number of hydrogen-bond donors (Lipinski definition) is 2. The van der Waals surface area contributed by atoms with Gasteiger partial charge in [-0.1, -0.05) is 5.16 Å². The Morgan fingerprint density at radius 2 is 2.15 bits per heavy atom. The van der Waals surface area contributed by atoms with E-state index in [0.29, 0.717) is 42.3 Å². The van der Waals surface area contributed by atoms with E-state index in [-0.39, 0.29) is 23.6 Å². The molecule has 2 aliphatic carbocycles. The predicted molar refractivity (Wildman–Crippen MR) is 91.2 cm³/mol. The first-order valence-electron chi connectivity index (χ1n) is 9.07. The molecule has 0 unspecified atom stereocenters. The van der Waals surface area contributed by atoms with E-state index < -0.39 is 6.10 Å². The fourth-order valence-electron chi connectivity index (χ4n) is 3.65. The number of nitrogens with one attached hydrogen (secondary N) is 1. The minimum atomic E-state index is -0.522. The van der Waals surface area contributed by atoms with Gasteiger partial charge in [-0.2, -0.15) is 4.98 Å². The SMILES string of the molecule is Cc1cc(F)ccc1C(=O)NC[C@H]1C[C@H](c2nc(C3CC3)no2)C[C@H]1O. The van der Waals surface area contributed by atoms with Crippen LogP contribution in [0.4, 0.5) is 4.39 Å². The predicted octanol–water partition coefficient (Wildman–Crippen LogP) is 2.68. The fraction of sp³-hybridized carbons (Fsp3) is 0.526. The van der Waals surface area contributed by atoms with Crippen molar-refractivity contribution >= 4 is 5.91 Å². The number of carbonyl (C=O) groups excluding carboxylic acids is 1. The number of carbonyl (C=O) groups is 1. The lowest BCUT2D eigenvalue weighted by Gasteiger charge is -2.15. The van der Waals surface area contributed by atoms with Crippen LogP contribution in [0.2, 0.25) is 0 Å². The molecule has 3 atom stereocenters. The van der Waals surface area contributed by atoms with Gasteiger partial charge in [-0.05, 0) is 56.4 Å². The lowest BCUT2D eigenvalue weighted by atomic mass is 10.0. The molecule has 0 bridgehead atoms. The highest BCUT2D eigenvalue weighted by Crippen LogP contribution is 2.41. The van der Waals surface area contributed by atoms with Gasteiger partial charge in [-0.15, -0.1) is 0 Å². The number of nitrogens with zero attached hydrogens (tertiary/aromatic N) is 2. The molecule has 26 heavy (non-hydrogen) atoms. The van der Waals surface area contributed by atoms with Gasteiger partial charge in [0.2, 0.25) is 5.89 Å². The first-order chi connectivity index (χ1) is 12.5. The summed E-state index contributed by atoms with van der Waals surface area (Å²) in [5.74, 6) is 1.14. The third-order valence-electron chi connectivity index (χ3n) is 5.36. The smallest absolute Gasteiger partial charge is 0.251 e. The monoisotopic (exact) mass is 359 g/mol. The van der Waals surface area contributed by atoms with Gasteiger partial charge in [0.05, 0.1) is 6.10 Å². The molecule has 1 heterocycles. The van der Waals surface area contributed by atoms with E-state index in [2.05, 4.69) is 15.5 Å². The topological polar surface area (TPSA) is 88.3 Å². The number of aromatic nitrogens is 2. The zero-order valence-electron chi connectivity index (χ0n) is 14.6. The number of aryl methyl sites for hydroxylation is 1. The molecule has 0 spiro atoms. The van der Waals surface area contributed by atoms with Crippen LogP contribution in [0.5, 0.6) is 0 Å². The summed E-state index contributed by atoms with van der Waals surface area (Å²) in [6.45, 7) is 2.06. The second kappa shape index (κ2) is 6.79. The second-order valence-corrected chi connectivity index (χ2v) is 7.43. The molecular weight excluding hydrogens is 337 g/mol. The number of benzene rings is 1. The average Bonchev–Trinajstić information content (AvgIpc) is 3.21. The van der Waals surface area contributed by atoms with E-state index in [9.17, 15) is 14.3 Å². The highest BCUT2D eigenvalue weighted by Gasteiger charge is 2.38. The number of aliphatic hydroxyl groups excluding tert-OH is 1. The largest absolute Gasteiger partial charge is 0.393 e. The molecule has 0 saturated heterocycles.